The van der Waals surface area contributed by atoms with Gasteiger partial charge in [0.2, 0.25) is 5.91 Å². The van der Waals surface area contributed by atoms with Gasteiger partial charge in [-0.3, -0.25) is 9.59 Å². The van der Waals surface area contributed by atoms with Crippen molar-refractivity contribution < 1.29 is 14.7 Å². The fraction of sp³-hybridized carbons (Fsp3) is 0.467. The average molecular weight is 278 g/mol. The molecule has 0 aliphatic rings. The summed E-state index contributed by atoms with van der Waals surface area (Å²) in [6.07, 6.45) is 0.267. The van der Waals surface area contributed by atoms with Crippen molar-refractivity contribution in [2.45, 2.75) is 26.3 Å². The van der Waals surface area contributed by atoms with Gasteiger partial charge in [0.15, 0.2) is 0 Å². The average Bonchev–Trinajstić information content (AvgIpc) is 2.42. The number of hydrogen-bond donors (Lipinski definition) is 3. The normalized spacial score (nSPS) is 12.2. The quantitative estimate of drug-likeness (QED) is 0.674. The molecule has 1 aromatic carbocycles. The van der Waals surface area contributed by atoms with Gasteiger partial charge in [-0.25, -0.2) is 0 Å². The second-order valence-corrected chi connectivity index (χ2v) is 5.08. The van der Waals surface area contributed by atoms with Gasteiger partial charge in [-0.05, 0) is 11.5 Å². The Labute approximate surface area is 119 Å². The van der Waals surface area contributed by atoms with Crippen molar-refractivity contribution in [2.24, 2.45) is 5.92 Å². The first-order valence-electron chi connectivity index (χ1n) is 6.78. The largest absolute Gasteiger partial charge is 0.480 e. The maximum absolute atomic E-state index is 11.5. The third-order valence-corrected chi connectivity index (χ3v) is 2.79. The van der Waals surface area contributed by atoms with Gasteiger partial charge in [0.25, 0.3) is 0 Å². The smallest absolute Gasteiger partial charge is 0.325 e. The van der Waals surface area contributed by atoms with E-state index < -0.39 is 12.0 Å². The molecule has 110 valence electrons. The van der Waals surface area contributed by atoms with Gasteiger partial charge < -0.3 is 15.7 Å². The van der Waals surface area contributed by atoms with Gasteiger partial charge in [0, 0.05) is 19.5 Å². The van der Waals surface area contributed by atoms with Crippen LogP contribution in [0.25, 0.3) is 0 Å². The molecule has 20 heavy (non-hydrogen) atoms. The molecular weight excluding hydrogens is 256 g/mol. The summed E-state index contributed by atoms with van der Waals surface area (Å²) in [6.45, 7) is 5.01. The molecule has 0 aromatic heterocycles. The SMILES string of the molecule is CC(C)CNC(=O)CCNC(C(=O)O)c1ccccc1. The van der Waals surface area contributed by atoms with E-state index in [1.165, 1.54) is 0 Å². The predicted molar refractivity (Wildman–Crippen MR) is 77.3 cm³/mol. The summed E-state index contributed by atoms with van der Waals surface area (Å²) >= 11 is 0. The Balaban J connectivity index is 2.41. The fourth-order valence-electron chi connectivity index (χ4n) is 1.73. The van der Waals surface area contributed by atoms with E-state index in [1.54, 1.807) is 24.3 Å². The second-order valence-electron chi connectivity index (χ2n) is 5.08. The van der Waals surface area contributed by atoms with Crippen LogP contribution in [-0.2, 0) is 9.59 Å². The molecule has 0 heterocycles. The highest BCUT2D eigenvalue weighted by Crippen LogP contribution is 2.12. The van der Waals surface area contributed by atoms with Crippen LogP contribution >= 0.6 is 0 Å². The van der Waals surface area contributed by atoms with Crippen molar-refractivity contribution in [3.05, 3.63) is 35.9 Å². The molecule has 5 nitrogen and oxygen atoms in total. The minimum absolute atomic E-state index is 0.0663. The van der Waals surface area contributed by atoms with Crippen LogP contribution in [0.4, 0.5) is 0 Å². The molecule has 1 amide bonds. The Morgan fingerprint density at radius 1 is 1.20 bits per heavy atom. The first kappa shape index (κ1) is 16.2. The molecular formula is C15H22N2O3. The lowest BCUT2D eigenvalue weighted by Gasteiger charge is -2.15. The molecule has 0 saturated heterocycles. The summed E-state index contributed by atoms with van der Waals surface area (Å²) in [5, 5.41) is 14.9. The highest BCUT2D eigenvalue weighted by molar-refractivity contribution is 5.77. The van der Waals surface area contributed by atoms with E-state index in [9.17, 15) is 14.7 Å². The van der Waals surface area contributed by atoms with Crippen LogP contribution in [0.5, 0.6) is 0 Å². The van der Waals surface area contributed by atoms with E-state index in [-0.39, 0.29) is 12.3 Å². The number of carbonyl (C=O) groups is 2. The van der Waals surface area contributed by atoms with Gasteiger partial charge in [0.05, 0.1) is 0 Å². The van der Waals surface area contributed by atoms with Crippen LogP contribution in [0, 0.1) is 5.92 Å². The van der Waals surface area contributed by atoms with E-state index in [0.29, 0.717) is 24.6 Å². The van der Waals surface area contributed by atoms with Crippen LogP contribution in [0.15, 0.2) is 30.3 Å². The van der Waals surface area contributed by atoms with Crippen molar-refractivity contribution in [3.8, 4) is 0 Å². The zero-order valence-electron chi connectivity index (χ0n) is 11.9. The van der Waals surface area contributed by atoms with Gasteiger partial charge >= 0.3 is 5.97 Å². The number of aliphatic carboxylic acids is 1. The number of nitrogens with one attached hydrogen (secondary N) is 2. The molecule has 0 spiro atoms. The predicted octanol–water partition coefficient (Wildman–Crippen LogP) is 1.56. The van der Waals surface area contributed by atoms with E-state index in [0.717, 1.165) is 0 Å². The lowest BCUT2D eigenvalue weighted by Crippen LogP contribution is -2.34. The highest BCUT2D eigenvalue weighted by Gasteiger charge is 2.18. The zero-order chi connectivity index (χ0) is 15.0. The lowest BCUT2D eigenvalue weighted by atomic mass is 10.1. The summed E-state index contributed by atoms with van der Waals surface area (Å²) in [4.78, 5) is 22.8. The first-order valence-corrected chi connectivity index (χ1v) is 6.78. The Bertz CT molecular complexity index is 432. The van der Waals surface area contributed by atoms with Crippen molar-refractivity contribution in [1.29, 1.82) is 0 Å². The first-order chi connectivity index (χ1) is 9.50. The lowest BCUT2D eigenvalue weighted by molar-refractivity contribution is -0.139. The molecule has 1 rings (SSSR count). The summed E-state index contributed by atoms with van der Waals surface area (Å²) in [5.74, 6) is -0.606. The summed E-state index contributed by atoms with van der Waals surface area (Å²) in [7, 11) is 0. The molecule has 0 aliphatic heterocycles. The summed E-state index contributed by atoms with van der Waals surface area (Å²) in [5.41, 5.74) is 0.683. The molecule has 0 fully saturated rings. The minimum Gasteiger partial charge on any atom is -0.480 e. The molecule has 0 saturated carbocycles. The maximum Gasteiger partial charge on any atom is 0.325 e. The van der Waals surface area contributed by atoms with E-state index in [2.05, 4.69) is 10.6 Å². The highest BCUT2D eigenvalue weighted by atomic mass is 16.4. The Morgan fingerprint density at radius 3 is 2.40 bits per heavy atom. The molecule has 0 radical (unpaired) electrons. The monoisotopic (exact) mass is 278 g/mol. The third kappa shape index (κ3) is 5.84. The van der Waals surface area contributed by atoms with Crippen LogP contribution in [0.2, 0.25) is 0 Å². The molecule has 1 aromatic rings. The van der Waals surface area contributed by atoms with Gasteiger partial charge in [-0.1, -0.05) is 44.2 Å². The van der Waals surface area contributed by atoms with Gasteiger partial charge in [-0.2, -0.15) is 0 Å². The zero-order valence-corrected chi connectivity index (χ0v) is 11.9. The maximum atomic E-state index is 11.5. The van der Waals surface area contributed by atoms with Crippen LogP contribution < -0.4 is 10.6 Å². The van der Waals surface area contributed by atoms with Crippen molar-refractivity contribution >= 4 is 11.9 Å². The fourth-order valence-corrected chi connectivity index (χ4v) is 1.73. The minimum atomic E-state index is -0.946. The molecule has 5 heteroatoms. The standard InChI is InChI=1S/C15H22N2O3/c1-11(2)10-17-13(18)8-9-16-14(15(19)20)12-6-4-3-5-7-12/h3-7,11,14,16H,8-10H2,1-2H3,(H,17,18)(H,19,20). The molecule has 0 bridgehead atoms. The van der Waals surface area contributed by atoms with Crippen LogP contribution in [-0.4, -0.2) is 30.1 Å². The summed E-state index contributed by atoms with van der Waals surface area (Å²) in [6, 6.07) is 8.15. The topological polar surface area (TPSA) is 78.4 Å². The van der Waals surface area contributed by atoms with Crippen LogP contribution in [0.1, 0.15) is 31.9 Å². The number of carbonyl (C=O) groups excluding carboxylic acids is 1. The van der Waals surface area contributed by atoms with Crippen molar-refractivity contribution in [3.63, 3.8) is 0 Å². The van der Waals surface area contributed by atoms with E-state index in [1.807, 2.05) is 19.9 Å². The number of benzene rings is 1. The molecule has 3 N–H and O–H groups in total. The Hall–Kier alpha value is -1.88. The van der Waals surface area contributed by atoms with E-state index >= 15 is 0 Å². The van der Waals surface area contributed by atoms with E-state index in [4.69, 9.17) is 0 Å². The third-order valence-electron chi connectivity index (χ3n) is 2.79. The second kappa shape index (κ2) is 8.32. The van der Waals surface area contributed by atoms with Gasteiger partial charge in [0.1, 0.15) is 6.04 Å². The number of hydrogen-bond acceptors (Lipinski definition) is 3. The van der Waals surface area contributed by atoms with Crippen LogP contribution in [0.3, 0.4) is 0 Å². The van der Waals surface area contributed by atoms with Crippen molar-refractivity contribution in [1.82, 2.24) is 10.6 Å². The number of amides is 1. The number of rotatable bonds is 8. The molecule has 1 unspecified atom stereocenters. The molecule has 1 atom stereocenters. The Kier molecular flexibility index (Phi) is 6.73. The Morgan fingerprint density at radius 2 is 1.85 bits per heavy atom. The van der Waals surface area contributed by atoms with Crippen molar-refractivity contribution in [2.75, 3.05) is 13.1 Å². The number of carboxylic acid groups (broad SMARTS) is 1. The van der Waals surface area contributed by atoms with Gasteiger partial charge in [-0.15, -0.1) is 0 Å². The molecule has 0 aliphatic carbocycles. The number of carboxylic acids is 1. The summed E-state index contributed by atoms with van der Waals surface area (Å²) < 4.78 is 0.